The number of carbonyl (C=O) groups excluding carboxylic acids is 4. The Balaban J connectivity index is -0.000000266. The zero-order valence-electron chi connectivity index (χ0n) is 51.4. The van der Waals surface area contributed by atoms with Crippen LogP contribution in [0.1, 0.15) is 162 Å². The van der Waals surface area contributed by atoms with E-state index in [9.17, 15) is 68.1 Å². The molecule has 0 radical (unpaired) electrons. The lowest BCUT2D eigenvalue weighted by atomic mass is 9.94. The molecule has 0 amide bonds. The van der Waals surface area contributed by atoms with E-state index in [1.54, 1.807) is 41.0 Å². The first kappa shape index (κ1) is 82.1. The molecular formula is C59H97F3N5O11S-7. The minimum absolute atomic E-state index is 0.0139. The summed E-state index contributed by atoms with van der Waals surface area (Å²) in [4.78, 5) is 47.4. The molecule has 1 aromatic rings. The highest BCUT2D eigenvalue weighted by Gasteiger charge is 2.26. The van der Waals surface area contributed by atoms with Gasteiger partial charge in [-0.1, -0.05) is 102 Å². The van der Waals surface area contributed by atoms with Crippen LogP contribution in [0.2, 0.25) is 0 Å². The third-order valence-electron chi connectivity index (χ3n) is 9.83. The van der Waals surface area contributed by atoms with Gasteiger partial charge >= 0.3 is 6.18 Å². The first-order valence-electron chi connectivity index (χ1n) is 26.1. The number of thiophene rings is 1. The Labute approximate surface area is 476 Å². The van der Waals surface area contributed by atoms with E-state index in [2.05, 4.69) is 34.3 Å². The number of allylic oxidation sites excluding steroid dienone is 10. The number of rotatable bonds is 12. The number of hydrogen-bond acceptors (Lipinski definition) is 17. The maximum absolute atomic E-state index is 11.6. The lowest BCUT2D eigenvalue weighted by Gasteiger charge is -2.33. The Morgan fingerprint density at radius 2 is 1.01 bits per heavy atom. The van der Waals surface area contributed by atoms with Crippen molar-refractivity contribution in [1.29, 1.82) is 0 Å². The second kappa shape index (κ2) is 43.1. The van der Waals surface area contributed by atoms with Crippen molar-refractivity contribution in [3.05, 3.63) is 99.3 Å². The van der Waals surface area contributed by atoms with Crippen molar-refractivity contribution in [2.45, 2.75) is 169 Å². The van der Waals surface area contributed by atoms with Gasteiger partial charge in [0, 0.05) is 64.3 Å². The summed E-state index contributed by atoms with van der Waals surface area (Å²) in [6, 6.07) is 4.10. The highest BCUT2D eigenvalue weighted by molar-refractivity contribution is 7.11. The third kappa shape index (κ3) is 54.0. The summed E-state index contributed by atoms with van der Waals surface area (Å²) in [5.74, 6) is -3.43. The zero-order valence-corrected chi connectivity index (χ0v) is 52.2. The first-order chi connectivity index (χ1) is 35.8. The van der Waals surface area contributed by atoms with Crippen molar-refractivity contribution in [2.24, 2.45) is 16.2 Å². The molecule has 0 spiro atoms. The number of ketones is 4. The Morgan fingerprint density at radius 1 is 0.620 bits per heavy atom. The van der Waals surface area contributed by atoms with Gasteiger partial charge in [0.2, 0.25) is 0 Å². The fourth-order valence-corrected chi connectivity index (χ4v) is 5.66. The lowest BCUT2D eigenvalue weighted by Crippen LogP contribution is -2.29. The topological polar surface area (TPSA) is 263 Å². The van der Waals surface area contributed by atoms with Crippen LogP contribution >= 0.6 is 11.3 Å². The summed E-state index contributed by atoms with van der Waals surface area (Å²) < 4.78 is 33.8. The molecule has 2 fully saturated rings. The molecule has 79 heavy (non-hydrogen) atoms. The van der Waals surface area contributed by atoms with E-state index < -0.39 is 17.7 Å². The van der Waals surface area contributed by atoms with Crippen molar-refractivity contribution in [2.75, 3.05) is 60.4 Å². The highest BCUT2D eigenvalue weighted by atomic mass is 32.1. The molecule has 0 bridgehead atoms. The van der Waals surface area contributed by atoms with Gasteiger partial charge in [0.25, 0.3) is 0 Å². The normalized spacial score (nSPS) is 14.8. The lowest BCUT2D eigenvalue weighted by molar-refractivity contribution is -0.360. The van der Waals surface area contributed by atoms with Crippen LogP contribution in [-0.4, -0.2) is 110 Å². The molecule has 2 aliphatic rings. The Hall–Kier alpha value is -5.73. The number of alkyl halides is 3. The average Bonchev–Trinajstić information content (AvgIpc) is 4.02. The fraction of sp³-hybridized carbons (Fsp3) is 0.627. The van der Waals surface area contributed by atoms with E-state index in [0.717, 1.165) is 58.3 Å². The molecule has 3 rings (SSSR count). The third-order valence-corrected chi connectivity index (χ3v) is 10.7. The molecule has 2 N–H and O–H groups in total. The quantitative estimate of drug-likeness (QED) is 0.148. The summed E-state index contributed by atoms with van der Waals surface area (Å²) in [5.41, 5.74) is -0.366. The van der Waals surface area contributed by atoms with Crippen LogP contribution in [0, 0.1) is 16.2 Å². The Kier molecular flexibility index (Phi) is 44.8. The van der Waals surface area contributed by atoms with Crippen LogP contribution in [-0.2, 0) is 19.2 Å². The largest absolute Gasteiger partial charge is 0.876 e. The summed E-state index contributed by atoms with van der Waals surface area (Å²) in [5, 5.41) is 83.7. The van der Waals surface area contributed by atoms with Crippen molar-refractivity contribution in [3.8, 4) is 0 Å². The zero-order chi connectivity index (χ0) is 63.1. The number of likely N-dealkylation sites (N-methyl/N-ethyl adjacent to an activating group) is 1. The van der Waals surface area contributed by atoms with Crippen LogP contribution < -0.4 is 46.4 Å². The van der Waals surface area contributed by atoms with Gasteiger partial charge in [-0.3, -0.25) is 19.2 Å². The van der Waals surface area contributed by atoms with Gasteiger partial charge in [-0.05, 0) is 150 Å². The molecule has 0 atom stereocenters. The number of hydrogen-bond donors (Lipinski definition) is 2. The van der Waals surface area contributed by atoms with Crippen molar-refractivity contribution in [3.63, 3.8) is 0 Å². The van der Waals surface area contributed by atoms with Gasteiger partial charge in [0.1, 0.15) is 0 Å². The number of carbonyl (C=O) groups is 4. The standard InChI is InChI=1S/C11H21NO.C10H19NO.C8H17NO.C8H8O2S.C6H16N2.C6H10O2.C5H5F3O2.C5H8O2/c1-11(2,3)10(13)9-12-7-5-4-6-8-12;1-10(2,3)9(12)8-11-6-4-5-7-11;1-8(2,3)7(10)6-9(4)5;1-6(9)5-7(10)8-3-2-4-11-8;1-6(2)8-5-4-7-3;1-4(5(2)7)6(3)8;1-3(9)2-4(10)5(6,7)8;1-4(6)3-5(2)7/h9,13H,4-8H2,1-3H3;8,12H,4-7H2,1-3H3;6,10H,1-5H3;2-5,10H,1H3;6-8H,4-5H2,1-3H3;7H,1-3H3;2,10H,1H3;3,6H,1-2H3/p-7/b10-9-;9-8-;7-6-;7-5-;;5-4-;4-2-;4-3-. The van der Waals surface area contributed by atoms with Gasteiger partial charge in [0.15, 0.2) is 23.1 Å². The van der Waals surface area contributed by atoms with Gasteiger partial charge in [-0.15, -0.1) is 40.1 Å². The van der Waals surface area contributed by atoms with Crippen LogP contribution in [0.3, 0.4) is 0 Å². The molecule has 0 saturated carbocycles. The summed E-state index contributed by atoms with van der Waals surface area (Å²) in [6.45, 7) is 37.4. The van der Waals surface area contributed by atoms with E-state index in [0.29, 0.717) is 16.5 Å². The number of piperidine rings is 1. The van der Waals surface area contributed by atoms with E-state index in [4.69, 9.17) is 0 Å². The molecule has 16 nitrogen and oxygen atoms in total. The summed E-state index contributed by atoms with van der Waals surface area (Å²) >= 11 is 1.34. The predicted molar refractivity (Wildman–Crippen MR) is 301 cm³/mol. The maximum atomic E-state index is 11.6. The summed E-state index contributed by atoms with van der Waals surface area (Å²) in [6.07, 6.45) is 8.68. The highest BCUT2D eigenvalue weighted by Crippen LogP contribution is 2.24. The van der Waals surface area contributed by atoms with E-state index >= 15 is 0 Å². The van der Waals surface area contributed by atoms with E-state index in [1.165, 1.54) is 85.0 Å². The number of likely N-dealkylation sites (tertiary alicyclic amines) is 2. The molecular weight excluding hydrogens is 1040 g/mol. The second-order valence-electron chi connectivity index (χ2n) is 22.1. The van der Waals surface area contributed by atoms with Crippen LogP contribution in [0.25, 0.3) is 5.76 Å². The Bertz CT molecular complexity index is 2080. The second-order valence-corrected chi connectivity index (χ2v) is 23.0. The van der Waals surface area contributed by atoms with Gasteiger partial charge < -0.3 is 61.1 Å². The number of halogens is 3. The van der Waals surface area contributed by atoms with Gasteiger partial charge in [-0.2, -0.15) is 13.2 Å². The van der Waals surface area contributed by atoms with Gasteiger partial charge in [-0.25, -0.2) is 0 Å². The number of Topliss-reactive ketones (excluding diaryl/α,β-unsaturated/α-hetero) is 1. The van der Waals surface area contributed by atoms with Crippen molar-refractivity contribution >= 4 is 40.2 Å². The molecule has 0 aromatic carbocycles. The number of nitrogens with zero attached hydrogens (tertiary/aromatic N) is 3. The molecule has 2 saturated heterocycles. The predicted octanol–water partition coefficient (Wildman–Crippen LogP) is 5.54. The van der Waals surface area contributed by atoms with E-state index in [-0.39, 0.29) is 74.2 Å². The molecule has 458 valence electrons. The minimum atomic E-state index is -4.92. The first-order valence-corrected chi connectivity index (χ1v) is 27.0. The average molecular weight is 1140 g/mol. The van der Waals surface area contributed by atoms with Crippen molar-refractivity contribution in [1.82, 2.24) is 25.3 Å². The molecule has 20 heteroatoms. The Morgan fingerprint density at radius 3 is 1.23 bits per heavy atom. The van der Waals surface area contributed by atoms with E-state index in [1.807, 2.05) is 83.5 Å². The molecule has 2 aliphatic heterocycles. The monoisotopic (exact) mass is 1140 g/mol. The van der Waals surface area contributed by atoms with Crippen LogP contribution in [0.4, 0.5) is 13.2 Å². The summed E-state index contributed by atoms with van der Waals surface area (Å²) in [7, 11) is 5.66. The minimum Gasteiger partial charge on any atom is -0.876 e. The smallest absolute Gasteiger partial charge is 0.402 e. The molecule has 3 heterocycles. The molecule has 0 aliphatic carbocycles. The van der Waals surface area contributed by atoms with Crippen LogP contribution in [0.5, 0.6) is 0 Å². The SMILES string of the molecule is CC(=O)/C(C)=C(/C)[O-].CC(=O)/C=C(/C)[O-].CC(=O)/C=C(\[O-])C(F)(F)F.CC(=O)/C=C(\[O-])c1cccs1.CC(C)(C)/C([O-])=C/N1CCCC1.CC(C)(C)/C([O-])=C/N1CCCCC1.CN(C)/C=C(\[O-])C(C)(C)C.CNCCNC(C)C. The number of nitrogens with one attached hydrogen (secondary N) is 2. The van der Waals surface area contributed by atoms with Crippen LogP contribution in [0.15, 0.2) is 94.5 Å². The van der Waals surface area contributed by atoms with Gasteiger partial charge in [0.05, 0.1) is 0 Å². The maximum Gasteiger partial charge on any atom is 0.402 e. The molecule has 1 aromatic heterocycles. The van der Waals surface area contributed by atoms with Crippen molar-refractivity contribution < 1.29 is 68.1 Å². The fourth-order valence-electron chi connectivity index (χ4n) is 5.03. The molecule has 0 unspecified atom stereocenters.